The van der Waals surface area contributed by atoms with Gasteiger partial charge in [-0.1, -0.05) is 0 Å². The molecule has 1 fully saturated rings. The number of ether oxygens (including phenoxy) is 1. The lowest BCUT2D eigenvalue weighted by Gasteiger charge is -2.37. The minimum absolute atomic E-state index is 0.105. The Bertz CT molecular complexity index is 378. The maximum Gasteiger partial charge on any atom is 0.168 e. The molecule has 1 aromatic heterocycles. The van der Waals surface area contributed by atoms with Gasteiger partial charge in [0, 0.05) is 25.8 Å². The Kier molecular flexibility index (Phi) is 3.49. The van der Waals surface area contributed by atoms with Crippen molar-refractivity contribution < 1.29 is 9.84 Å². The number of aliphatic hydroxyl groups is 1. The fourth-order valence-corrected chi connectivity index (χ4v) is 1.66. The first kappa shape index (κ1) is 12.1. The number of β-amino-alcohol motifs (C(OH)–C–C–N with tert-alkyl or cyclic N) is 1. The molecule has 1 aliphatic rings. The van der Waals surface area contributed by atoms with Gasteiger partial charge >= 0.3 is 0 Å². The maximum atomic E-state index is 9.95. The van der Waals surface area contributed by atoms with E-state index in [1.807, 2.05) is 26.0 Å². The summed E-state index contributed by atoms with van der Waals surface area (Å²) in [7, 11) is 0. The molecule has 0 amide bonds. The summed E-state index contributed by atoms with van der Waals surface area (Å²) in [5.41, 5.74) is -0.660. The molecule has 1 aromatic rings. The van der Waals surface area contributed by atoms with E-state index in [2.05, 4.69) is 15.6 Å². The van der Waals surface area contributed by atoms with Crippen molar-refractivity contribution in [3.63, 3.8) is 0 Å². The fourth-order valence-electron chi connectivity index (χ4n) is 1.66. The van der Waals surface area contributed by atoms with Gasteiger partial charge < -0.3 is 20.5 Å². The summed E-state index contributed by atoms with van der Waals surface area (Å²) in [4.78, 5) is 4.23. The molecule has 0 radical (unpaired) electrons. The zero-order valence-electron chi connectivity index (χ0n) is 10.2. The molecule has 0 spiro atoms. The third-order valence-corrected chi connectivity index (χ3v) is 2.63. The Balaban J connectivity index is 1.99. The first-order valence-electron chi connectivity index (χ1n) is 5.88. The first-order valence-corrected chi connectivity index (χ1v) is 5.88. The Labute approximate surface area is 101 Å². The van der Waals surface area contributed by atoms with Crippen LogP contribution in [0, 0.1) is 0 Å². The van der Waals surface area contributed by atoms with Gasteiger partial charge in [-0.05, 0) is 26.0 Å². The normalized spacial score (nSPS) is 17.6. The second kappa shape index (κ2) is 4.89. The van der Waals surface area contributed by atoms with Gasteiger partial charge in [0.15, 0.2) is 11.6 Å². The molecule has 0 bridgehead atoms. The van der Waals surface area contributed by atoms with E-state index >= 15 is 0 Å². The Hall–Kier alpha value is -1.33. The number of nitrogens with zero attached hydrogens (tertiary/aromatic N) is 1. The number of nitrogens with one attached hydrogen (secondary N) is 2. The van der Waals surface area contributed by atoms with Crippen molar-refractivity contribution in [2.75, 3.05) is 25.0 Å². The quantitative estimate of drug-likeness (QED) is 0.700. The average molecular weight is 237 g/mol. The van der Waals surface area contributed by atoms with Crippen molar-refractivity contribution in [1.82, 2.24) is 10.3 Å². The molecule has 1 aliphatic heterocycles. The molecule has 94 valence electrons. The van der Waals surface area contributed by atoms with Crippen LogP contribution < -0.4 is 15.4 Å². The molecule has 1 saturated heterocycles. The second-order valence-electron chi connectivity index (χ2n) is 4.70. The Morgan fingerprint density at radius 3 is 2.94 bits per heavy atom. The standard InChI is InChI=1S/C12H19N3O2/c1-9(2)17-10-4-3-5-14-11(10)15-8-12(16)6-13-7-12/h3-5,9,13,16H,6-8H2,1-2H3,(H,14,15). The van der Waals surface area contributed by atoms with Gasteiger partial charge in [-0.2, -0.15) is 0 Å². The lowest BCUT2D eigenvalue weighted by molar-refractivity contribution is 0.00301. The Morgan fingerprint density at radius 2 is 2.35 bits per heavy atom. The highest BCUT2D eigenvalue weighted by molar-refractivity contribution is 5.49. The monoisotopic (exact) mass is 237 g/mol. The number of hydrogen-bond donors (Lipinski definition) is 3. The molecule has 0 saturated carbocycles. The van der Waals surface area contributed by atoms with Crippen molar-refractivity contribution in [2.45, 2.75) is 25.6 Å². The van der Waals surface area contributed by atoms with Crippen molar-refractivity contribution in [3.8, 4) is 5.75 Å². The first-order chi connectivity index (χ1) is 8.09. The van der Waals surface area contributed by atoms with Crippen LogP contribution in [0.1, 0.15) is 13.8 Å². The molecule has 0 aliphatic carbocycles. The van der Waals surface area contributed by atoms with Gasteiger partial charge in [0.2, 0.25) is 0 Å². The van der Waals surface area contributed by atoms with Gasteiger partial charge in [0.25, 0.3) is 0 Å². The Morgan fingerprint density at radius 1 is 1.59 bits per heavy atom. The van der Waals surface area contributed by atoms with Crippen LogP contribution in [0.2, 0.25) is 0 Å². The minimum atomic E-state index is -0.660. The summed E-state index contributed by atoms with van der Waals surface area (Å²) in [6.07, 6.45) is 1.81. The zero-order chi connectivity index (χ0) is 12.3. The molecule has 0 atom stereocenters. The zero-order valence-corrected chi connectivity index (χ0v) is 10.2. The van der Waals surface area contributed by atoms with E-state index in [1.54, 1.807) is 6.20 Å². The number of aromatic nitrogens is 1. The summed E-state index contributed by atoms with van der Waals surface area (Å²) < 4.78 is 5.64. The van der Waals surface area contributed by atoms with Crippen LogP contribution in [0.25, 0.3) is 0 Å². The predicted octanol–water partition coefficient (Wildman–Crippen LogP) is 0.615. The molecule has 2 heterocycles. The highest BCUT2D eigenvalue weighted by atomic mass is 16.5. The number of rotatable bonds is 5. The van der Waals surface area contributed by atoms with Gasteiger partial charge in [-0.3, -0.25) is 0 Å². The van der Waals surface area contributed by atoms with Crippen molar-refractivity contribution in [2.24, 2.45) is 0 Å². The van der Waals surface area contributed by atoms with E-state index in [4.69, 9.17) is 4.74 Å². The predicted molar refractivity (Wildman–Crippen MR) is 66.3 cm³/mol. The highest BCUT2D eigenvalue weighted by Crippen LogP contribution is 2.23. The number of pyridine rings is 1. The van der Waals surface area contributed by atoms with E-state index in [1.165, 1.54) is 0 Å². The second-order valence-corrected chi connectivity index (χ2v) is 4.70. The van der Waals surface area contributed by atoms with E-state index in [9.17, 15) is 5.11 Å². The van der Waals surface area contributed by atoms with Crippen molar-refractivity contribution in [1.29, 1.82) is 0 Å². The molecular formula is C12H19N3O2. The largest absolute Gasteiger partial charge is 0.487 e. The lowest BCUT2D eigenvalue weighted by Crippen LogP contribution is -2.63. The third kappa shape index (κ3) is 3.08. The van der Waals surface area contributed by atoms with Gasteiger partial charge in [0.05, 0.1) is 6.10 Å². The van der Waals surface area contributed by atoms with E-state index in [0.717, 1.165) is 5.75 Å². The van der Waals surface area contributed by atoms with Crippen LogP contribution in [0.3, 0.4) is 0 Å². The fraction of sp³-hybridized carbons (Fsp3) is 0.583. The van der Waals surface area contributed by atoms with E-state index < -0.39 is 5.60 Å². The highest BCUT2D eigenvalue weighted by Gasteiger charge is 2.34. The van der Waals surface area contributed by atoms with Gasteiger partial charge in [-0.25, -0.2) is 4.98 Å². The average Bonchev–Trinajstić information content (AvgIpc) is 2.25. The van der Waals surface area contributed by atoms with Gasteiger partial charge in [-0.15, -0.1) is 0 Å². The molecule has 0 unspecified atom stereocenters. The SMILES string of the molecule is CC(C)Oc1cccnc1NCC1(O)CNC1. The molecule has 5 nitrogen and oxygen atoms in total. The van der Waals surface area contributed by atoms with Crippen LogP contribution in [0.4, 0.5) is 5.82 Å². The summed E-state index contributed by atoms with van der Waals surface area (Å²) in [5.74, 6) is 1.40. The van der Waals surface area contributed by atoms with Gasteiger partial charge in [0.1, 0.15) is 5.60 Å². The van der Waals surface area contributed by atoms with Crippen LogP contribution >= 0.6 is 0 Å². The number of anilines is 1. The topological polar surface area (TPSA) is 66.4 Å². The summed E-state index contributed by atoms with van der Waals surface area (Å²) in [6.45, 7) is 5.66. The van der Waals surface area contributed by atoms with Crippen LogP contribution in [-0.2, 0) is 0 Å². The molecule has 0 aromatic carbocycles. The molecule has 2 rings (SSSR count). The summed E-state index contributed by atoms with van der Waals surface area (Å²) >= 11 is 0. The minimum Gasteiger partial charge on any atom is -0.487 e. The van der Waals surface area contributed by atoms with Crippen LogP contribution in [0.5, 0.6) is 5.75 Å². The van der Waals surface area contributed by atoms with Crippen molar-refractivity contribution in [3.05, 3.63) is 18.3 Å². The smallest absolute Gasteiger partial charge is 0.168 e. The van der Waals surface area contributed by atoms with Crippen molar-refractivity contribution >= 4 is 5.82 Å². The molecule has 3 N–H and O–H groups in total. The summed E-state index contributed by atoms with van der Waals surface area (Å²) in [5, 5.41) is 16.1. The van der Waals surface area contributed by atoms with Crippen LogP contribution in [0.15, 0.2) is 18.3 Å². The molecular weight excluding hydrogens is 218 g/mol. The van der Waals surface area contributed by atoms with E-state index in [-0.39, 0.29) is 6.10 Å². The molecule has 5 heteroatoms. The number of hydrogen-bond acceptors (Lipinski definition) is 5. The third-order valence-electron chi connectivity index (χ3n) is 2.63. The maximum absolute atomic E-state index is 9.95. The molecule has 17 heavy (non-hydrogen) atoms. The summed E-state index contributed by atoms with van der Waals surface area (Å²) in [6, 6.07) is 3.71. The lowest BCUT2D eigenvalue weighted by atomic mass is 9.97. The van der Waals surface area contributed by atoms with E-state index in [0.29, 0.717) is 25.5 Å². The van der Waals surface area contributed by atoms with Crippen LogP contribution in [-0.4, -0.2) is 41.4 Å².